The van der Waals surface area contributed by atoms with Crippen LogP contribution < -0.4 is 0 Å². The minimum absolute atomic E-state index is 0.139. The molecule has 3 rings (SSSR count). The highest BCUT2D eigenvalue weighted by Gasteiger charge is 2.47. The van der Waals surface area contributed by atoms with Crippen LogP contribution in [0.15, 0.2) is 61.3 Å². The third kappa shape index (κ3) is 4.67. The maximum absolute atomic E-state index is 13.7. The average molecular weight is 419 g/mol. The molecule has 29 heavy (non-hydrogen) atoms. The summed E-state index contributed by atoms with van der Waals surface area (Å²) in [6.07, 6.45) is 2.10. The lowest BCUT2D eigenvalue weighted by Gasteiger charge is -2.48. The van der Waals surface area contributed by atoms with Gasteiger partial charge in [-0.05, 0) is 49.1 Å². The predicted octanol–water partition coefficient (Wildman–Crippen LogP) is 6.38. The number of benzene rings is 1. The number of halogens is 3. The van der Waals surface area contributed by atoms with Crippen LogP contribution in [0.4, 0.5) is 8.78 Å². The summed E-state index contributed by atoms with van der Waals surface area (Å²) in [5.74, 6) is -0.139. The van der Waals surface area contributed by atoms with Gasteiger partial charge in [0, 0.05) is 17.6 Å². The van der Waals surface area contributed by atoms with E-state index in [2.05, 4.69) is 11.6 Å². The molecule has 1 fully saturated rings. The molecule has 0 saturated carbocycles. The molecular weight excluding hydrogens is 394 g/mol. The molecule has 0 bridgehead atoms. The zero-order valence-corrected chi connectivity index (χ0v) is 17.2. The summed E-state index contributed by atoms with van der Waals surface area (Å²) in [4.78, 5) is 19.6. The summed E-state index contributed by atoms with van der Waals surface area (Å²) in [6, 6.07) is 11.3. The zero-order valence-electron chi connectivity index (χ0n) is 16.4. The second kappa shape index (κ2) is 9.04. The summed E-state index contributed by atoms with van der Waals surface area (Å²) < 4.78 is 27.2. The Labute approximate surface area is 175 Å². The number of pyridine rings is 1. The van der Waals surface area contributed by atoms with Crippen LogP contribution in [0.3, 0.4) is 0 Å². The largest absolute Gasteiger partial charge is 0.326 e. The molecule has 154 valence electrons. The zero-order chi connectivity index (χ0) is 21.0. The summed E-state index contributed by atoms with van der Waals surface area (Å²) in [7, 11) is 0. The monoisotopic (exact) mass is 418 g/mol. The summed E-state index contributed by atoms with van der Waals surface area (Å²) in [5.41, 5.74) is 0.696. The van der Waals surface area contributed by atoms with Crippen LogP contribution in [0.1, 0.15) is 55.9 Å². The van der Waals surface area contributed by atoms with E-state index in [1.54, 1.807) is 47.5 Å². The van der Waals surface area contributed by atoms with Gasteiger partial charge < -0.3 is 4.90 Å². The second-order valence-electron chi connectivity index (χ2n) is 7.77. The molecule has 2 unspecified atom stereocenters. The minimum Gasteiger partial charge on any atom is -0.326 e. The Morgan fingerprint density at radius 3 is 2.62 bits per heavy atom. The molecule has 6 heteroatoms. The van der Waals surface area contributed by atoms with Crippen molar-refractivity contribution in [3.63, 3.8) is 0 Å². The van der Waals surface area contributed by atoms with E-state index in [0.29, 0.717) is 30.0 Å². The number of carbonyl (C=O) groups is 1. The number of allylic oxidation sites excluding steroid dienone is 1. The molecule has 1 aromatic carbocycles. The van der Waals surface area contributed by atoms with E-state index in [-0.39, 0.29) is 11.9 Å². The lowest BCUT2D eigenvalue weighted by Crippen LogP contribution is -2.50. The summed E-state index contributed by atoms with van der Waals surface area (Å²) >= 11 is 6.03. The van der Waals surface area contributed by atoms with Crippen molar-refractivity contribution in [2.24, 2.45) is 5.41 Å². The Hall–Kier alpha value is -2.27. The van der Waals surface area contributed by atoms with Crippen LogP contribution in [0.25, 0.3) is 0 Å². The number of rotatable bonds is 7. The maximum atomic E-state index is 13.7. The molecule has 2 heterocycles. The fourth-order valence-corrected chi connectivity index (χ4v) is 4.28. The van der Waals surface area contributed by atoms with Crippen molar-refractivity contribution in [3.05, 3.63) is 77.6 Å². The van der Waals surface area contributed by atoms with Gasteiger partial charge in [-0.1, -0.05) is 42.8 Å². The Kier molecular flexibility index (Phi) is 6.68. The van der Waals surface area contributed by atoms with Gasteiger partial charge in [0.15, 0.2) is 0 Å². The van der Waals surface area contributed by atoms with Gasteiger partial charge in [0.05, 0.1) is 23.2 Å². The number of alkyl halides is 2. The Morgan fingerprint density at radius 2 is 2.03 bits per heavy atom. The topological polar surface area (TPSA) is 33.2 Å². The maximum Gasteiger partial charge on any atom is 0.241 e. The summed E-state index contributed by atoms with van der Waals surface area (Å²) in [5, 5.41) is 0.591. The lowest BCUT2D eigenvalue weighted by molar-refractivity contribution is -0.154. The molecule has 1 aliphatic heterocycles. The number of amides is 1. The number of aromatic nitrogens is 1. The Balaban J connectivity index is 2.09. The third-order valence-electron chi connectivity index (χ3n) is 5.67. The number of nitrogens with zero attached hydrogens (tertiary/aromatic N) is 2. The molecule has 3 atom stereocenters. The normalized spacial score (nSPS) is 23.3. The van der Waals surface area contributed by atoms with E-state index in [4.69, 9.17) is 11.6 Å². The smallest absolute Gasteiger partial charge is 0.241 e. The highest BCUT2D eigenvalue weighted by Crippen LogP contribution is 2.47. The third-order valence-corrected chi connectivity index (χ3v) is 5.92. The van der Waals surface area contributed by atoms with Crippen molar-refractivity contribution in [2.75, 3.05) is 0 Å². The van der Waals surface area contributed by atoms with E-state index >= 15 is 0 Å². The minimum atomic E-state index is -2.56. The van der Waals surface area contributed by atoms with Gasteiger partial charge in [-0.15, -0.1) is 6.58 Å². The van der Waals surface area contributed by atoms with E-state index in [1.807, 2.05) is 19.1 Å². The van der Waals surface area contributed by atoms with Crippen LogP contribution in [0.2, 0.25) is 5.02 Å². The standard InChI is InChI=1S/C23H25ClF2N2O/c1-3-12-23(2)13-11-19(16-7-9-17(24)10-8-16)28(22(23)29)20(15-21(25)26)18-6-4-5-14-27-18/h3-10,14,19-21H,1,11-13,15H2,2H3/t19?,20?,23-/m0/s1. The van der Waals surface area contributed by atoms with Gasteiger partial charge in [0.25, 0.3) is 0 Å². The SMILES string of the molecule is C=CC[C@@]1(C)CCC(c2ccc(Cl)cc2)N(C(CC(F)F)c2ccccn2)C1=O. The molecule has 1 saturated heterocycles. The number of hydrogen-bond acceptors (Lipinski definition) is 2. The number of piperidine rings is 1. The van der Waals surface area contributed by atoms with Crippen molar-refractivity contribution in [1.29, 1.82) is 0 Å². The quantitative estimate of drug-likeness (QED) is 0.489. The highest BCUT2D eigenvalue weighted by atomic mass is 35.5. The molecule has 1 aromatic heterocycles. The van der Waals surface area contributed by atoms with E-state index < -0.39 is 24.3 Å². The Bertz CT molecular complexity index is 844. The molecule has 1 amide bonds. The first-order valence-electron chi connectivity index (χ1n) is 9.74. The molecule has 0 spiro atoms. The van der Waals surface area contributed by atoms with Crippen LogP contribution in [0.5, 0.6) is 0 Å². The first-order chi connectivity index (χ1) is 13.9. The van der Waals surface area contributed by atoms with Gasteiger partial charge in [-0.2, -0.15) is 0 Å². The van der Waals surface area contributed by atoms with Crippen molar-refractivity contribution >= 4 is 17.5 Å². The van der Waals surface area contributed by atoms with Crippen molar-refractivity contribution in [2.45, 2.75) is 51.1 Å². The number of hydrogen-bond donors (Lipinski definition) is 0. The number of likely N-dealkylation sites (tertiary alicyclic amines) is 1. The average Bonchev–Trinajstić information content (AvgIpc) is 2.70. The van der Waals surface area contributed by atoms with Crippen LogP contribution in [-0.2, 0) is 4.79 Å². The summed E-state index contributed by atoms with van der Waals surface area (Å²) in [6.45, 7) is 5.67. The van der Waals surface area contributed by atoms with Gasteiger partial charge in [-0.25, -0.2) is 8.78 Å². The molecule has 1 aliphatic rings. The van der Waals surface area contributed by atoms with Crippen molar-refractivity contribution in [1.82, 2.24) is 9.88 Å². The van der Waals surface area contributed by atoms with Crippen LogP contribution in [-0.4, -0.2) is 22.2 Å². The van der Waals surface area contributed by atoms with Gasteiger partial charge in [-0.3, -0.25) is 9.78 Å². The van der Waals surface area contributed by atoms with Crippen LogP contribution >= 0.6 is 11.6 Å². The molecule has 0 radical (unpaired) electrons. The fourth-order valence-electron chi connectivity index (χ4n) is 4.15. The number of carbonyl (C=O) groups excluding carboxylic acids is 1. The predicted molar refractivity (Wildman–Crippen MR) is 111 cm³/mol. The van der Waals surface area contributed by atoms with E-state index in [1.165, 1.54) is 0 Å². The second-order valence-corrected chi connectivity index (χ2v) is 8.21. The fraction of sp³-hybridized carbons (Fsp3) is 0.391. The van der Waals surface area contributed by atoms with E-state index in [9.17, 15) is 13.6 Å². The van der Waals surface area contributed by atoms with E-state index in [0.717, 1.165) is 5.56 Å². The van der Waals surface area contributed by atoms with Crippen LogP contribution in [0, 0.1) is 5.41 Å². The molecule has 0 aliphatic carbocycles. The Morgan fingerprint density at radius 1 is 1.31 bits per heavy atom. The van der Waals surface area contributed by atoms with Gasteiger partial charge >= 0.3 is 0 Å². The van der Waals surface area contributed by atoms with Crippen molar-refractivity contribution in [3.8, 4) is 0 Å². The van der Waals surface area contributed by atoms with Gasteiger partial charge in [0.1, 0.15) is 0 Å². The highest BCUT2D eigenvalue weighted by molar-refractivity contribution is 6.30. The first kappa shape index (κ1) is 21.4. The first-order valence-corrected chi connectivity index (χ1v) is 10.1. The lowest BCUT2D eigenvalue weighted by atomic mass is 9.74. The van der Waals surface area contributed by atoms with Gasteiger partial charge in [0.2, 0.25) is 12.3 Å². The van der Waals surface area contributed by atoms with Crippen molar-refractivity contribution < 1.29 is 13.6 Å². The molecule has 3 nitrogen and oxygen atoms in total. The molecule has 2 aromatic rings. The molecular formula is C23H25ClF2N2O. The molecule has 0 N–H and O–H groups in total.